The Morgan fingerprint density at radius 3 is 2.24 bits per heavy atom. The molecule has 0 saturated heterocycles. The molecule has 4 aromatic rings. The molecule has 0 radical (unpaired) electrons. The van der Waals surface area contributed by atoms with Gasteiger partial charge in [-0.1, -0.05) is 56.3 Å². The number of hydrogen-bond acceptors (Lipinski definition) is 5. The summed E-state index contributed by atoms with van der Waals surface area (Å²) in [4.78, 5) is 21.7. The van der Waals surface area contributed by atoms with Crippen LogP contribution >= 0.6 is 0 Å². The number of methoxy groups -OCH3 is 1. The molecule has 1 unspecified atom stereocenters. The maximum atomic E-state index is 13.0. The molecular formula is C28H28N4O2. The van der Waals surface area contributed by atoms with Crippen LogP contribution in [0, 0.1) is 5.92 Å². The van der Waals surface area contributed by atoms with Gasteiger partial charge in [0.2, 0.25) is 5.91 Å². The molecule has 0 fully saturated rings. The van der Waals surface area contributed by atoms with Crippen LogP contribution in [0.2, 0.25) is 0 Å². The quantitative estimate of drug-likeness (QED) is 0.329. The van der Waals surface area contributed by atoms with Gasteiger partial charge in [-0.2, -0.15) is 0 Å². The predicted octanol–water partition coefficient (Wildman–Crippen LogP) is 6.27. The summed E-state index contributed by atoms with van der Waals surface area (Å²) in [5, 5.41) is 6.34. The number of hydrogen-bond donors (Lipinski definition) is 2. The van der Waals surface area contributed by atoms with Gasteiger partial charge in [-0.05, 0) is 47.9 Å². The highest BCUT2D eigenvalue weighted by Crippen LogP contribution is 2.30. The number of aromatic nitrogens is 2. The number of nitrogens with zero attached hydrogens (tertiary/aromatic N) is 2. The van der Waals surface area contributed by atoms with E-state index in [2.05, 4.69) is 34.4 Å². The predicted molar refractivity (Wildman–Crippen MR) is 136 cm³/mol. The van der Waals surface area contributed by atoms with E-state index in [4.69, 9.17) is 4.74 Å². The highest BCUT2D eigenvalue weighted by molar-refractivity contribution is 5.96. The third kappa shape index (κ3) is 5.41. The second-order valence-corrected chi connectivity index (χ2v) is 8.31. The Balaban J connectivity index is 1.46. The van der Waals surface area contributed by atoms with E-state index >= 15 is 0 Å². The van der Waals surface area contributed by atoms with Crippen LogP contribution < -0.4 is 15.4 Å². The lowest BCUT2D eigenvalue weighted by atomic mass is 9.87. The van der Waals surface area contributed by atoms with E-state index in [1.807, 2.05) is 84.9 Å². The van der Waals surface area contributed by atoms with Crippen LogP contribution in [-0.2, 0) is 4.79 Å². The minimum absolute atomic E-state index is 0.0147. The Kier molecular flexibility index (Phi) is 7.18. The number of nitrogens with one attached hydrogen (secondary N) is 2. The summed E-state index contributed by atoms with van der Waals surface area (Å²) in [6, 6.07) is 27.1. The lowest BCUT2D eigenvalue weighted by Crippen LogP contribution is -2.25. The molecular weight excluding hydrogens is 424 g/mol. The van der Waals surface area contributed by atoms with E-state index < -0.39 is 0 Å². The minimum atomic E-state index is -0.214. The molecule has 0 aliphatic heterocycles. The van der Waals surface area contributed by atoms with E-state index in [-0.39, 0.29) is 17.7 Å². The maximum absolute atomic E-state index is 13.0. The summed E-state index contributed by atoms with van der Waals surface area (Å²) < 4.78 is 5.45. The summed E-state index contributed by atoms with van der Waals surface area (Å²) in [5.74, 6) is 1.37. The van der Waals surface area contributed by atoms with Gasteiger partial charge in [0.25, 0.3) is 0 Å². The zero-order valence-corrected chi connectivity index (χ0v) is 19.5. The van der Waals surface area contributed by atoms with Crippen molar-refractivity contribution < 1.29 is 9.53 Å². The number of rotatable bonds is 8. The van der Waals surface area contributed by atoms with Gasteiger partial charge < -0.3 is 15.4 Å². The van der Waals surface area contributed by atoms with Crippen LogP contribution in [0.15, 0.2) is 91.3 Å². The molecule has 2 N–H and O–H groups in total. The zero-order valence-electron chi connectivity index (χ0n) is 19.5. The van der Waals surface area contributed by atoms with Crippen molar-refractivity contribution >= 4 is 23.1 Å². The molecule has 4 rings (SSSR count). The van der Waals surface area contributed by atoms with Crippen molar-refractivity contribution in [2.24, 2.45) is 5.92 Å². The molecule has 172 valence electrons. The summed E-state index contributed by atoms with van der Waals surface area (Å²) in [6.07, 6.45) is 1.52. The highest BCUT2D eigenvalue weighted by Gasteiger charge is 2.24. The Morgan fingerprint density at radius 2 is 1.53 bits per heavy atom. The number of para-hydroxylation sites is 1. The first-order chi connectivity index (χ1) is 16.5. The van der Waals surface area contributed by atoms with Gasteiger partial charge in [-0.3, -0.25) is 4.79 Å². The lowest BCUT2D eigenvalue weighted by Gasteiger charge is -2.21. The number of carbonyl (C=O) groups is 1. The number of benzene rings is 3. The van der Waals surface area contributed by atoms with Crippen molar-refractivity contribution in [3.63, 3.8) is 0 Å². The molecule has 1 amide bonds. The fourth-order valence-electron chi connectivity index (χ4n) is 3.93. The third-order valence-corrected chi connectivity index (χ3v) is 5.58. The standard InChI is InChI=1S/C28H28N4O2/c1-19(2)27(20-9-5-4-6-10-20)28(33)32-22-15-13-21(14-16-22)31-26-17-24(29-18-30-26)23-11-7-8-12-25(23)34-3/h4-19,27H,1-3H3,(H,32,33)(H,29,30,31). The molecule has 0 aliphatic carbocycles. The van der Waals surface area contributed by atoms with Crippen molar-refractivity contribution in [3.05, 3.63) is 96.8 Å². The van der Waals surface area contributed by atoms with Gasteiger partial charge >= 0.3 is 0 Å². The Labute approximate surface area is 200 Å². The van der Waals surface area contributed by atoms with Gasteiger partial charge in [-0.15, -0.1) is 0 Å². The number of ether oxygens (including phenoxy) is 1. The molecule has 6 nitrogen and oxygen atoms in total. The zero-order chi connectivity index (χ0) is 23.9. The Bertz CT molecular complexity index is 1240. The topological polar surface area (TPSA) is 76.1 Å². The van der Waals surface area contributed by atoms with Crippen molar-refractivity contribution in [2.45, 2.75) is 19.8 Å². The minimum Gasteiger partial charge on any atom is -0.496 e. The molecule has 0 aliphatic rings. The Hall–Kier alpha value is -4.19. The molecule has 0 bridgehead atoms. The number of amides is 1. The smallest absolute Gasteiger partial charge is 0.232 e. The summed E-state index contributed by atoms with van der Waals surface area (Å²) in [6.45, 7) is 4.12. The number of carbonyl (C=O) groups excluding carboxylic acids is 1. The van der Waals surface area contributed by atoms with E-state index in [1.54, 1.807) is 7.11 Å². The van der Waals surface area contributed by atoms with Crippen LogP contribution in [0.4, 0.5) is 17.2 Å². The van der Waals surface area contributed by atoms with Crippen LogP contribution in [0.1, 0.15) is 25.3 Å². The molecule has 0 saturated carbocycles. The van der Waals surface area contributed by atoms with Crippen molar-refractivity contribution in [3.8, 4) is 17.0 Å². The summed E-state index contributed by atoms with van der Waals surface area (Å²) in [7, 11) is 1.64. The SMILES string of the molecule is COc1ccccc1-c1cc(Nc2ccc(NC(=O)C(c3ccccc3)C(C)C)cc2)ncn1. The molecule has 3 aromatic carbocycles. The first kappa shape index (κ1) is 23.0. The van der Waals surface area contributed by atoms with E-state index in [1.165, 1.54) is 6.33 Å². The van der Waals surface area contributed by atoms with Crippen LogP contribution in [0.25, 0.3) is 11.3 Å². The molecule has 1 aromatic heterocycles. The van der Waals surface area contributed by atoms with Gasteiger partial charge in [0.1, 0.15) is 17.9 Å². The fourth-order valence-corrected chi connectivity index (χ4v) is 3.93. The second kappa shape index (κ2) is 10.6. The third-order valence-electron chi connectivity index (χ3n) is 5.58. The van der Waals surface area contributed by atoms with Crippen molar-refractivity contribution in [1.82, 2.24) is 9.97 Å². The van der Waals surface area contributed by atoms with Gasteiger partial charge in [0.15, 0.2) is 0 Å². The lowest BCUT2D eigenvalue weighted by molar-refractivity contribution is -0.118. The van der Waals surface area contributed by atoms with Crippen LogP contribution in [0.3, 0.4) is 0 Å². The normalized spacial score (nSPS) is 11.6. The van der Waals surface area contributed by atoms with Crippen LogP contribution in [-0.4, -0.2) is 23.0 Å². The molecule has 1 heterocycles. The van der Waals surface area contributed by atoms with Crippen molar-refractivity contribution in [2.75, 3.05) is 17.7 Å². The average molecular weight is 453 g/mol. The van der Waals surface area contributed by atoms with Crippen molar-refractivity contribution in [1.29, 1.82) is 0 Å². The molecule has 34 heavy (non-hydrogen) atoms. The first-order valence-electron chi connectivity index (χ1n) is 11.2. The average Bonchev–Trinajstić information content (AvgIpc) is 2.86. The fraction of sp³-hybridized carbons (Fsp3) is 0.179. The first-order valence-corrected chi connectivity index (χ1v) is 11.2. The van der Waals surface area contributed by atoms with Gasteiger partial charge in [-0.25, -0.2) is 9.97 Å². The van der Waals surface area contributed by atoms with E-state index in [0.29, 0.717) is 5.82 Å². The highest BCUT2D eigenvalue weighted by atomic mass is 16.5. The van der Waals surface area contributed by atoms with E-state index in [9.17, 15) is 4.79 Å². The second-order valence-electron chi connectivity index (χ2n) is 8.31. The van der Waals surface area contributed by atoms with Crippen LogP contribution in [0.5, 0.6) is 5.75 Å². The molecule has 1 atom stereocenters. The summed E-state index contributed by atoms with van der Waals surface area (Å²) >= 11 is 0. The monoisotopic (exact) mass is 452 g/mol. The maximum Gasteiger partial charge on any atom is 0.232 e. The summed E-state index contributed by atoms with van der Waals surface area (Å²) in [5.41, 5.74) is 4.27. The largest absolute Gasteiger partial charge is 0.496 e. The van der Waals surface area contributed by atoms with E-state index in [0.717, 1.165) is 33.9 Å². The Morgan fingerprint density at radius 1 is 0.853 bits per heavy atom. The molecule has 0 spiro atoms. The van der Waals surface area contributed by atoms with Gasteiger partial charge in [0, 0.05) is 23.0 Å². The van der Waals surface area contributed by atoms with Gasteiger partial charge in [0.05, 0.1) is 18.7 Å². The number of anilines is 3. The molecule has 6 heteroatoms.